The molecule has 3 nitrogen and oxygen atoms in total. The lowest BCUT2D eigenvalue weighted by molar-refractivity contribution is 0.669. The van der Waals surface area contributed by atoms with Crippen molar-refractivity contribution in [2.24, 2.45) is 0 Å². The molecule has 2 heterocycles. The van der Waals surface area contributed by atoms with Gasteiger partial charge in [0.2, 0.25) is 0 Å². The van der Waals surface area contributed by atoms with E-state index < -0.39 is 0 Å². The van der Waals surface area contributed by atoms with Crippen molar-refractivity contribution in [3.8, 4) is 33.9 Å². The molecule has 1 aliphatic rings. The number of allylic oxidation sites excluding steroid dienone is 1. The van der Waals surface area contributed by atoms with E-state index >= 15 is 0 Å². The number of benzene rings is 5. The lowest BCUT2D eigenvalue weighted by Gasteiger charge is -2.19. The van der Waals surface area contributed by atoms with Crippen LogP contribution < -0.4 is 0 Å². The van der Waals surface area contributed by atoms with E-state index in [9.17, 15) is 0 Å². The number of furan rings is 1. The smallest absolute Gasteiger partial charge is 0.160 e. The number of aryl methyl sites for hydroxylation is 1. The van der Waals surface area contributed by atoms with E-state index in [1.807, 2.05) is 48.5 Å². The summed E-state index contributed by atoms with van der Waals surface area (Å²) in [4.78, 5) is 10.1. The topological polar surface area (TPSA) is 38.9 Å². The number of hydrogen-bond acceptors (Lipinski definition) is 3. The monoisotopic (exact) mass is 526 g/mol. The lowest BCUT2D eigenvalue weighted by atomic mass is 9.84. The number of para-hydroxylation sites is 1. The summed E-state index contributed by atoms with van der Waals surface area (Å²) in [5, 5.41) is 2.28. The molecule has 0 atom stereocenters. The molecule has 5 aromatic carbocycles. The predicted molar refractivity (Wildman–Crippen MR) is 167 cm³/mol. The number of hydrogen-bond donors (Lipinski definition) is 0. The second kappa shape index (κ2) is 9.72. The van der Waals surface area contributed by atoms with Gasteiger partial charge in [0.15, 0.2) is 5.82 Å². The van der Waals surface area contributed by atoms with E-state index in [1.165, 1.54) is 22.3 Å². The van der Waals surface area contributed by atoms with Gasteiger partial charge in [0, 0.05) is 27.5 Å². The summed E-state index contributed by atoms with van der Waals surface area (Å²) < 4.78 is 6.49. The SMILES string of the molecule is C1=C(c2cc(-c3cc(-c4ccccc4)nc(-c4ccccc4)n3)cc3oc4ccccc4c23)c2ccccc2CC1. The minimum atomic E-state index is 0.704. The first-order chi connectivity index (χ1) is 20.3. The molecule has 0 aliphatic heterocycles. The normalized spacial score (nSPS) is 12.8. The van der Waals surface area contributed by atoms with Gasteiger partial charge in [0.25, 0.3) is 0 Å². The molecule has 3 heteroatoms. The van der Waals surface area contributed by atoms with Gasteiger partial charge in [-0.2, -0.15) is 0 Å². The highest BCUT2D eigenvalue weighted by Crippen LogP contribution is 2.42. The van der Waals surface area contributed by atoms with Gasteiger partial charge in [-0.3, -0.25) is 0 Å². The molecule has 0 N–H and O–H groups in total. The van der Waals surface area contributed by atoms with Crippen molar-refractivity contribution in [2.45, 2.75) is 12.8 Å². The Balaban J connectivity index is 1.41. The fourth-order valence-corrected chi connectivity index (χ4v) is 6.02. The standard InChI is InChI=1S/C38H26N2O/c1-3-13-26(14-4-1)33-24-34(40-38(39-33)27-15-5-2-6-16-27)28-22-32(30-20-11-17-25-12-7-8-18-29(25)30)37-31-19-9-10-21-35(31)41-36(37)23-28/h1-10,12-16,18-24H,11,17H2. The maximum absolute atomic E-state index is 6.49. The van der Waals surface area contributed by atoms with Crippen LogP contribution in [0, 0.1) is 0 Å². The van der Waals surface area contributed by atoms with Crippen LogP contribution in [-0.2, 0) is 6.42 Å². The summed E-state index contributed by atoms with van der Waals surface area (Å²) in [6.45, 7) is 0. The van der Waals surface area contributed by atoms with Gasteiger partial charge < -0.3 is 4.42 Å². The van der Waals surface area contributed by atoms with Gasteiger partial charge >= 0.3 is 0 Å². The van der Waals surface area contributed by atoms with E-state index in [4.69, 9.17) is 14.4 Å². The van der Waals surface area contributed by atoms with Crippen LogP contribution in [0.3, 0.4) is 0 Å². The molecule has 0 unspecified atom stereocenters. The van der Waals surface area contributed by atoms with Gasteiger partial charge in [-0.1, -0.05) is 109 Å². The Morgan fingerprint density at radius 3 is 2.05 bits per heavy atom. The molecular formula is C38H26N2O. The van der Waals surface area contributed by atoms with Crippen LogP contribution in [0.4, 0.5) is 0 Å². The maximum atomic E-state index is 6.49. The molecule has 8 rings (SSSR count). The molecule has 0 saturated carbocycles. The van der Waals surface area contributed by atoms with Gasteiger partial charge in [-0.15, -0.1) is 0 Å². The molecule has 7 aromatic rings. The Morgan fingerprint density at radius 2 is 1.22 bits per heavy atom. The summed E-state index contributed by atoms with van der Waals surface area (Å²) in [6.07, 6.45) is 4.45. The quantitative estimate of drug-likeness (QED) is 0.229. The van der Waals surface area contributed by atoms with E-state index in [0.29, 0.717) is 5.82 Å². The zero-order valence-electron chi connectivity index (χ0n) is 22.4. The molecule has 0 radical (unpaired) electrons. The van der Waals surface area contributed by atoms with Crippen LogP contribution >= 0.6 is 0 Å². The summed E-state index contributed by atoms with van der Waals surface area (Å²) >= 11 is 0. The average molecular weight is 527 g/mol. The van der Waals surface area contributed by atoms with Crippen molar-refractivity contribution in [1.29, 1.82) is 0 Å². The van der Waals surface area contributed by atoms with Gasteiger partial charge in [-0.25, -0.2) is 9.97 Å². The van der Waals surface area contributed by atoms with E-state index in [1.54, 1.807) is 0 Å². The Hall–Kier alpha value is -5.28. The second-order valence-electron chi connectivity index (χ2n) is 10.5. The molecule has 1 aliphatic carbocycles. The van der Waals surface area contributed by atoms with Crippen molar-refractivity contribution in [3.05, 3.63) is 150 Å². The predicted octanol–water partition coefficient (Wildman–Crippen LogP) is 9.75. The van der Waals surface area contributed by atoms with Crippen LogP contribution in [-0.4, -0.2) is 9.97 Å². The van der Waals surface area contributed by atoms with Crippen LogP contribution in [0.15, 0.2) is 138 Å². The Labute approximate surface area is 238 Å². The first-order valence-electron chi connectivity index (χ1n) is 14.1. The zero-order chi connectivity index (χ0) is 27.2. The van der Waals surface area contributed by atoms with Crippen molar-refractivity contribution in [2.75, 3.05) is 0 Å². The molecule has 0 bridgehead atoms. The fourth-order valence-electron chi connectivity index (χ4n) is 6.02. The van der Waals surface area contributed by atoms with Gasteiger partial charge in [0.05, 0.1) is 11.4 Å². The second-order valence-corrected chi connectivity index (χ2v) is 10.5. The molecular weight excluding hydrogens is 500 g/mol. The number of nitrogens with zero attached hydrogens (tertiary/aromatic N) is 2. The highest BCUT2D eigenvalue weighted by atomic mass is 16.3. The fraction of sp³-hybridized carbons (Fsp3) is 0.0526. The molecule has 194 valence electrons. The van der Waals surface area contributed by atoms with Gasteiger partial charge in [0.1, 0.15) is 11.2 Å². The number of rotatable bonds is 4. The van der Waals surface area contributed by atoms with Crippen LogP contribution in [0.2, 0.25) is 0 Å². The highest BCUT2D eigenvalue weighted by Gasteiger charge is 2.21. The maximum Gasteiger partial charge on any atom is 0.160 e. The molecule has 41 heavy (non-hydrogen) atoms. The molecule has 2 aromatic heterocycles. The van der Waals surface area contributed by atoms with E-state index in [2.05, 4.69) is 84.9 Å². The molecule has 0 saturated heterocycles. The Kier molecular flexibility index (Phi) is 5.60. The minimum absolute atomic E-state index is 0.704. The van der Waals surface area contributed by atoms with E-state index in [-0.39, 0.29) is 0 Å². The van der Waals surface area contributed by atoms with Crippen molar-refractivity contribution < 1.29 is 4.42 Å². The number of fused-ring (bicyclic) bond motifs is 4. The summed E-state index contributed by atoms with van der Waals surface area (Å²) in [5.41, 5.74) is 11.7. The van der Waals surface area contributed by atoms with Crippen molar-refractivity contribution in [1.82, 2.24) is 9.97 Å². The highest BCUT2D eigenvalue weighted by molar-refractivity contribution is 6.13. The third-order valence-electron chi connectivity index (χ3n) is 7.96. The molecule has 0 spiro atoms. The minimum Gasteiger partial charge on any atom is -0.456 e. The van der Waals surface area contributed by atoms with E-state index in [0.717, 1.165) is 62.9 Å². The van der Waals surface area contributed by atoms with Crippen LogP contribution in [0.5, 0.6) is 0 Å². The summed E-state index contributed by atoms with van der Waals surface area (Å²) in [6, 6.07) is 44.1. The third kappa shape index (κ3) is 4.14. The number of aromatic nitrogens is 2. The summed E-state index contributed by atoms with van der Waals surface area (Å²) in [5.74, 6) is 0.704. The van der Waals surface area contributed by atoms with Crippen LogP contribution in [0.25, 0.3) is 61.4 Å². The van der Waals surface area contributed by atoms with Crippen molar-refractivity contribution in [3.63, 3.8) is 0 Å². The Morgan fingerprint density at radius 1 is 0.537 bits per heavy atom. The van der Waals surface area contributed by atoms with Gasteiger partial charge in [-0.05, 0) is 59.4 Å². The van der Waals surface area contributed by atoms with Crippen molar-refractivity contribution >= 4 is 27.5 Å². The first-order valence-corrected chi connectivity index (χ1v) is 14.1. The lowest BCUT2D eigenvalue weighted by Crippen LogP contribution is -2.02. The summed E-state index contributed by atoms with van der Waals surface area (Å²) in [7, 11) is 0. The molecule has 0 amide bonds. The average Bonchev–Trinajstić information content (AvgIpc) is 3.43. The largest absolute Gasteiger partial charge is 0.456 e. The Bertz CT molecular complexity index is 2030. The third-order valence-corrected chi connectivity index (χ3v) is 7.96. The van der Waals surface area contributed by atoms with Crippen LogP contribution in [0.1, 0.15) is 23.1 Å². The zero-order valence-corrected chi connectivity index (χ0v) is 22.4. The molecule has 0 fully saturated rings. The first kappa shape index (κ1) is 23.6.